The summed E-state index contributed by atoms with van der Waals surface area (Å²) in [6.07, 6.45) is 4.38. The third-order valence-electron chi connectivity index (χ3n) is 5.07. The molecule has 1 N–H and O–H groups in total. The molecule has 5 rings (SSSR count). The SMILES string of the molecule is CS(=O)(=O)c1cccc2nc(-c3ccccc3Cl)c(CN3CNc4ncncc43)nc12. The van der Waals surface area contributed by atoms with Crippen molar-refractivity contribution >= 4 is 44.0 Å². The Morgan fingerprint density at radius 3 is 2.77 bits per heavy atom. The maximum absolute atomic E-state index is 12.3. The minimum Gasteiger partial charge on any atom is -0.351 e. The summed E-state index contributed by atoms with van der Waals surface area (Å²) in [6.45, 7) is 0.887. The van der Waals surface area contributed by atoms with Gasteiger partial charge in [-0.05, 0) is 18.2 Å². The number of sulfone groups is 1. The van der Waals surface area contributed by atoms with Crippen LogP contribution < -0.4 is 10.2 Å². The van der Waals surface area contributed by atoms with Crippen molar-refractivity contribution in [1.29, 1.82) is 0 Å². The van der Waals surface area contributed by atoms with Crippen molar-refractivity contribution in [3.63, 3.8) is 0 Å². The smallest absolute Gasteiger partial charge is 0.177 e. The van der Waals surface area contributed by atoms with Crippen molar-refractivity contribution in [2.75, 3.05) is 23.1 Å². The van der Waals surface area contributed by atoms with Crippen LogP contribution >= 0.6 is 11.6 Å². The summed E-state index contributed by atoms with van der Waals surface area (Å²) in [5.74, 6) is 0.736. The van der Waals surface area contributed by atoms with Gasteiger partial charge in [0.2, 0.25) is 0 Å². The number of aromatic nitrogens is 4. The molecule has 2 aromatic carbocycles. The van der Waals surface area contributed by atoms with E-state index in [2.05, 4.69) is 15.3 Å². The fraction of sp³-hybridized carbons (Fsp3) is 0.143. The van der Waals surface area contributed by atoms with E-state index in [0.717, 1.165) is 17.1 Å². The van der Waals surface area contributed by atoms with Crippen LogP contribution in [0.25, 0.3) is 22.3 Å². The number of nitrogens with zero attached hydrogens (tertiary/aromatic N) is 5. The molecule has 0 radical (unpaired) electrons. The molecule has 0 aliphatic carbocycles. The predicted octanol–water partition coefficient (Wildman–Crippen LogP) is 3.53. The van der Waals surface area contributed by atoms with Gasteiger partial charge in [-0.3, -0.25) is 0 Å². The fourth-order valence-corrected chi connectivity index (χ4v) is 4.68. The van der Waals surface area contributed by atoms with Crippen molar-refractivity contribution < 1.29 is 8.42 Å². The fourth-order valence-electron chi connectivity index (χ4n) is 3.63. The molecule has 31 heavy (non-hydrogen) atoms. The molecule has 2 aromatic heterocycles. The zero-order valence-corrected chi connectivity index (χ0v) is 18.0. The number of halogens is 1. The largest absolute Gasteiger partial charge is 0.351 e. The second-order valence-corrected chi connectivity index (χ2v) is 9.58. The monoisotopic (exact) mass is 452 g/mol. The lowest BCUT2D eigenvalue weighted by molar-refractivity contribution is 0.602. The van der Waals surface area contributed by atoms with Crippen LogP contribution in [-0.4, -0.2) is 41.3 Å². The van der Waals surface area contributed by atoms with E-state index in [1.807, 2.05) is 23.1 Å². The van der Waals surface area contributed by atoms with Crippen LogP contribution in [0.1, 0.15) is 5.69 Å². The zero-order valence-electron chi connectivity index (χ0n) is 16.4. The molecule has 0 saturated carbocycles. The molecule has 0 amide bonds. The Labute approximate surface area is 183 Å². The number of benzene rings is 2. The lowest BCUT2D eigenvalue weighted by atomic mass is 10.1. The summed E-state index contributed by atoms with van der Waals surface area (Å²) in [5.41, 5.74) is 3.61. The quantitative estimate of drug-likeness (QED) is 0.501. The number of hydrogen-bond acceptors (Lipinski definition) is 8. The van der Waals surface area contributed by atoms with Crippen LogP contribution in [0.4, 0.5) is 11.5 Å². The Balaban J connectivity index is 1.73. The molecular formula is C21H17ClN6O2S. The van der Waals surface area contributed by atoms with Gasteiger partial charge in [-0.1, -0.05) is 35.9 Å². The summed E-state index contributed by atoms with van der Waals surface area (Å²) in [4.78, 5) is 20.1. The Hall–Kier alpha value is -3.30. The highest BCUT2D eigenvalue weighted by atomic mass is 35.5. The van der Waals surface area contributed by atoms with Crippen molar-refractivity contribution in [1.82, 2.24) is 19.9 Å². The zero-order chi connectivity index (χ0) is 21.6. The minimum absolute atomic E-state index is 0.146. The van der Waals surface area contributed by atoms with E-state index in [0.29, 0.717) is 40.7 Å². The number of nitrogens with one attached hydrogen (secondary N) is 1. The van der Waals surface area contributed by atoms with Crippen LogP contribution in [0.15, 0.2) is 59.9 Å². The average Bonchev–Trinajstić information content (AvgIpc) is 3.15. The Morgan fingerprint density at radius 1 is 1.13 bits per heavy atom. The number of para-hydroxylation sites is 1. The van der Waals surface area contributed by atoms with Gasteiger partial charge in [-0.25, -0.2) is 28.4 Å². The highest BCUT2D eigenvalue weighted by molar-refractivity contribution is 7.91. The van der Waals surface area contributed by atoms with Crippen molar-refractivity contribution in [2.24, 2.45) is 0 Å². The molecule has 0 bridgehead atoms. The first-order chi connectivity index (χ1) is 14.9. The normalized spacial score (nSPS) is 13.3. The molecule has 4 aromatic rings. The van der Waals surface area contributed by atoms with E-state index in [4.69, 9.17) is 21.6 Å². The second kappa shape index (κ2) is 7.44. The topological polar surface area (TPSA) is 101 Å². The summed E-state index contributed by atoms with van der Waals surface area (Å²) < 4.78 is 24.7. The molecule has 156 valence electrons. The Kier molecular flexibility index (Phi) is 4.71. The second-order valence-electron chi connectivity index (χ2n) is 7.18. The van der Waals surface area contributed by atoms with Crippen molar-refractivity contribution in [3.8, 4) is 11.3 Å². The lowest BCUT2D eigenvalue weighted by Gasteiger charge is -2.19. The summed E-state index contributed by atoms with van der Waals surface area (Å²) in [7, 11) is -3.48. The first kappa shape index (κ1) is 19.7. The van der Waals surface area contributed by atoms with Crippen LogP contribution in [-0.2, 0) is 16.4 Å². The van der Waals surface area contributed by atoms with Gasteiger partial charge in [0.25, 0.3) is 0 Å². The molecule has 0 atom stereocenters. The molecule has 1 aliphatic heterocycles. The van der Waals surface area contributed by atoms with Gasteiger partial charge in [-0.2, -0.15) is 0 Å². The molecule has 3 heterocycles. The molecular weight excluding hydrogens is 436 g/mol. The maximum Gasteiger partial charge on any atom is 0.177 e. The summed E-state index contributed by atoms with van der Waals surface area (Å²) in [5, 5.41) is 3.76. The van der Waals surface area contributed by atoms with Gasteiger partial charge in [-0.15, -0.1) is 0 Å². The van der Waals surface area contributed by atoms with Crippen molar-refractivity contribution in [3.05, 3.63) is 65.7 Å². The van der Waals surface area contributed by atoms with Gasteiger partial charge in [0.1, 0.15) is 17.5 Å². The Morgan fingerprint density at radius 2 is 1.97 bits per heavy atom. The van der Waals surface area contributed by atoms with Crippen LogP contribution in [0.2, 0.25) is 5.02 Å². The molecule has 0 saturated heterocycles. The van der Waals surface area contributed by atoms with E-state index in [1.165, 1.54) is 12.6 Å². The van der Waals surface area contributed by atoms with Crippen molar-refractivity contribution in [2.45, 2.75) is 11.4 Å². The third-order valence-corrected chi connectivity index (χ3v) is 6.53. The highest BCUT2D eigenvalue weighted by Crippen LogP contribution is 2.34. The van der Waals surface area contributed by atoms with Gasteiger partial charge in [0.15, 0.2) is 15.7 Å². The van der Waals surface area contributed by atoms with Gasteiger partial charge in [0.05, 0.1) is 46.2 Å². The number of hydrogen-bond donors (Lipinski definition) is 1. The number of fused-ring (bicyclic) bond motifs is 2. The third kappa shape index (κ3) is 3.55. The first-order valence-electron chi connectivity index (χ1n) is 9.45. The standard InChI is InChI=1S/C21H17ClN6O2S/c1-31(29,30)18-8-4-7-15-20(18)27-16(19(26-15)13-5-2-3-6-14(13)22)10-28-12-25-21-17(28)9-23-11-24-21/h2-9,11H,10,12H2,1H3,(H,23,24,25). The molecule has 0 fully saturated rings. The van der Waals surface area contributed by atoms with Gasteiger partial charge >= 0.3 is 0 Å². The minimum atomic E-state index is -3.48. The van der Waals surface area contributed by atoms with Crippen LogP contribution in [0, 0.1) is 0 Å². The first-order valence-corrected chi connectivity index (χ1v) is 11.7. The van der Waals surface area contributed by atoms with Crippen LogP contribution in [0.3, 0.4) is 0 Å². The van der Waals surface area contributed by atoms with Crippen LogP contribution in [0.5, 0.6) is 0 Å². The average molecular weight is 453 g/mol. The van der Waals surface area contributed by atoms with E-state index < -0.39 is 9.84 Å². The van der Waals surface area contributed by atoms with E-state index >= 15 is 0 Å². The van der Waals surface area contributed by atoms with Gasteiger partial charge in [0, 0.05) is 11.8 Å². The summed E-state index contributed by atoms with van der Waals surface area (Å²) >= 11 is 6.47. The molecule has 0 unspecified atom stereocenters. The lowest BCUT2D eigenvalue weighted by Crippen LogP contribution is -2.23. The van der Waals surface area contributed by atoms with E-state index in [-0.39, 0.29) is 4.90 Å². The summed E-state index contributed by atoms with van der Waals surface area (Å²) in [6, 6.07) is 12.4. The molecule has 10 heteroatoms. The maximum atomic E-state index is 12.3. The number of rotatable bonds is 4. The van der Waals surface area contributed by atoms with E-state index in [1.54, 1.807) is 30.5 Å². The molecule has 8 nitrogen and oxygen atoms in total. The van der Waals surface area contributed by atoms with E-state index in [9.17, 15) is 8.42 Å². The predicted molar refractivity (Wildman–Crippen MR) is 120 cm³/mol. The molecule has 1 aliphatic rings. The van der Waals surface area contributed by atoms with Gasteiger partial charge < -0.3 is 10.2 Å². The number of anilines is 2. The molecule has 0 spiro atoms. The highest BCUT2D eigenvalue weighted by Gasteiger charge is 2.24. The Bertz CT molecular complexity index is 1430.